The van der Waals surface area contributed by atoms with Crippen molar-refractivity contribution in [2.24, 2.45) is 0 Å². The molecule has 0 aromatic heterocycles. The number of carbonyl (C=O) groups is 1. The summed E-state index contributed by atoms with van der Waals surface area (Å²) in [6.45, 7) is 1.16. The monoisotopic (exact) mass is 160 g/mol. The molecule has 0 fully saturated rings. The molecule has 3 nitrogen and oxygen atoms in total. The molecule has 0 saturated heterocycles. The average Bonchev–Trinajstić information content (AvgIpc) is 1.87. The molecule has 0 amide bonds. The topological polar surface area (TPSA) is 46.5 Å². The van der Waals surface area contributed by atoms with Crippen molar-refractivity contribution in [2.45, 2.75) is 18.9 Å². The molecular formula is C7H9FO3. The third-order valence-electron chi connectivity index (χ3n) is 1.12. The maximum atomic E-state index is 11.4. The molecule has 4 heteroatoms. The molecule has 0 aromatic rings. The second-order valence-electron chi connectivity index (χ2n) is 2.25. The summed E-state index contributed by atoms with van der Waals surface area (Å²) in [5.41, 5.74) is -1.34. The van der Waals surface area contributed by atoms with Gasteiger partial charge in [0.1, 0.15) is 5.60 Å². The van der Waals surface area contributed by atoms with Crippen molar-refractivity contribution in [3.63, 3.8) is 0 Å². The highest BCUT2D eigenvalue weighted by Gasteiger charge is 2.16. The molecule has 0 aliphatic rings. The average molecular weight is 160 g/mol. The summed E-state index contributed by atoms with van der Waals surface area (Å²) in [7, 11) is 0. The number of rotatable bonds is 3. The Kier molecular flexibility index (Phi) is 3.55. The van der Waals surface area contributed by atoms with Gasteiger partial charge in [-0.05, 0) is 6.92 Å². The molecule has 1 N–H and O–H groups in total. The fraction of sp³-hybridized carbons (Fsp3) is 0.571. The zero-order valence-electron chi connectivity index (χ0n) is 6.13. The van der Waals surface area contributed by atoms with Crippen LogP contribution in [0.4, 0.5) is 9.18 Å². The first-order valence-electron chi connectivity index (χ1n) is 3.00. The van der Waals surface area contributed by atoms with Gasteiger partial charge in [0.2, 0.25) is 0 Å². The first kappa shape index (κ1) is 9.92. The van der Waals surface area contributed by atoms with E-state index in [2.05, 4.69) is 10.7 Å². The third-order valence-corrected chi connectivity index (χ3v) is 1.12. The van der Waals surface area contributed by atoms with Gasteiger partial charge in [-0.25, -0.2) is 4.79 Å². The van der Waals surface area contributed by atoms with Crippen LogP contribution >= 0.6 is 0 Å². The molecule has 0 aromatic carbocycles. The molecule has 0 heterocycles. The maximum Gasteiger partial charge on any atom is 0.495 e. The van der Waals surface area contributed by atoms with E-state index in [1.54, 1.807) is 0 Å². The summed E-state index contributed by atoms with van der Waals surface area (Å²) in [5, 5.41) is 9.09. The van der Waals surface area contributed by atoms with Gasteiger partial charge in [0, 0.05) is 6.42 Å². The van der Waals surface area contributed by atoms with E-state index in [9.17, 15) is 9.18 Å². The van der Waals surface area contributed by atoms with E-state index < -0.39 is 11.8 Å². The molecule has 0 radical (unpaired) electrons. The normalized spacial score (nSPS) is 14.7. The van der Waals surface area contributed by atoms with Crippen molar-refractivity contribution in [3.8, 4) is 12.3 Å². The number of ether oxygens (including phenoxy) is 1. The van der Waals surface area contributed by atoms with Crippen molar-refractivity contribution >= 4 is 6.22 Å². The van der Waals surface area contributed by atoms with Crippen molar-refractivity contribution in [1.29, 1.82) is 0 Å². The van der Waals surface area contributed by atoms with Gasteiger partial charge in [-0.1, -0.05) is 5.92 Å². The Bertz CT molecular complexity index is 181. The zero-order valence-corrected chi connectivity index (χ0v) is 6.13. The molecule has 0 aliphatic heterocycles. The van der Waals surface area contributed by atoms with Gasteiger partial charge in [0.25, 0.3) is 0 Å². The van der Waals surface area contributed by atoms with Crippen molar-refractivity contribution in [2.75, 3.05) is 6.61 Å². The lowest BCUT2D eigenvalue weighted by Gasteiger charge is -2.14. The first-order valence-corrected chi connectivity index (χ1v) is 3.00. The molecule has 0 rings (SSSR count). The fourth-order valence-electron chi connectivity index (χ4n) is 0.402. The predicted molar refractivity (Wildman–Crippen MR) is 36.5 cm³/mol. The van der Waals surface area contributed by atoms with Crippen LogP contribution in [-0.4, -0.2) is 23.5 Å². The highest BCUT2D eigenvalue weighted by Crippen LogP contribution is 2.06. The molecule has 1 unspecified atom stereocenters. The van der Waals surface area contributed by atoms with E-state index in [0.29, 0.717) is 0 Å². The maximum absolute atomic E-state index is 11.4. The van der Waals surface area contributed by atoms with Gasteiger partial charge in [-0.3, -0.25) is 0 Å². The molecule has 0 saturated carbocycles. The SMILES string of the molecule is C#CC(C)(O)CCOC(=O)F. The van der Waals surface area contributed by atoms with E-state index in [4.69, 9.17) is 11.5 Å². The van der Waals surface area contributed by atoms with E-state index in [1.165, 1.54) is 6.92 Å². The van der Waals surface area contributed by atoms with Crippen LogP contribution in [0, 0.1) is 12.3 Å². The largest absolute Gasteiger partial charge is 0.495 e. The first-order chi connectivity index (χ1) is 4.98. The predicted octanol–water partition coefficient (Wildman–Crippen LogP) is 0.867. The molecule has 0 aliphatic carbocycles. The van der Waals surface area contributed by atoms with Crippen LogP contribution in [0.15, 0.2) is 0 Å². The standard InChI is InChI=1S/C7H9FO3/c1-3-7(2,10)4-5-11-6(8)9/h1,10H,4-5H2,2H3. The van der Waals surface area contributed by atoms with Gasteiger partial charge in [-0.15, -0.1) is 10.8 Å². The van der Waals surface area contributed by atoms with Crippen molar-refractivity contribution in [1.82, 2.24) is 0 Å². The van der Waals surface area contributed by atoms with Gasteiger partial charge in [0.15, 0.2) is 0 Å². The van der Waals surface area contributed by atoms with Gasteiger partial charge in [-0.2, -0.15) is 0 Å². The molecule has 0 bridgehead atoms. The van der Waals surface area contributed by atoms with Crippen LogP contribution in [0.5, 0.6) is 0 Å². The van der Waals surface area contributed by atoms with Gasteiger partial charge in [0.05, 0.1) is 6.61 Å². The minimum Gasteiger partial charge on any atom is -0.440 e. The van der Waals surface area contributed by atoms with Crippen LogP contribution in [0.3, 0.4) is 0 Å². The van der Waals surface area contributed by atoms with Crippen LogP contribution in [0.1, 0.15) is 13.3 Å². The minimum absolute atomic E-state index is 0.0269. The Morgan fingerprint density at radius 3 is 2.82 bits per heavy atom. The molecule has 1 atom stereocenters. The van der Waals surface area contributed by atoms with Gasteiger partial charge < -0.3 is 9.84 Å². The summed E-state index contributed by atoms with van der Waals surface area (Å²) in [4.78, 5) is 9.60. The van der Waals surface area contributed by atoms with Crippen LogP contribution < -0.4 is 0 Å². The highest BCUT2D eigenvalue weighted by atomic mass is 19.1. The van der Waals surface area contributed by atoms with Crippen LogP contribution in [0.25, 0.3) is 0 Å². The Morgan fingerprint density at radius 1 is 1.91 bits per heavy atom. The highest BCUT2D eigenvalue weighted by molar-refractivity contribution is 5.57. The molecular weight excluding hydrogens is 151 g/mol. The lowest BCUT2D eigenvalue weighted by atomic mass is 10.1. The zero-order chi connectivity index (χ0) is 8.91. The molecule has 11 heavy (non-hydrogen) atoms. The molecule has 0 spiro atoms. The van der Waals surface area contributed by atoms with Crippen molar-refractivity contribution < 1.29 is 19.0 Å². The summed E-state index contributed by atoms with van der Waals surface area (Å²) < 4.78 is 15.3. The Balaban J connectivity index is 3.56. The number of terminal acetylenes is 1. The Hall–Kier alpha value is -1.08. The third kappa shape index (κ3) is 5.37. The summed E-state index contributed by atoms with van der Waals surface area (Å²) in [5.74, 6) is 2.06. The fourth-order valence-corrected chi connectivity index (χ4v) is 0.402. The van der Waals surface area contributed by atoms with Gasteiger partial charge >= 0.3 is 6.22 Å². The summed E-state index contributed by atoms with van der Waals surface area (Å²) in [6.07, 6.45) is 3.05. The second-order valence-corrected chi connectivity index (χ2v) is 2.25. The smallest absolute Gasteiger partial charge is 0.440 e. The van der Waals surface area contributed by atoms with E-state index in [-0.39, 0.29) is 13.0 Å². The Morgan fingerprint density at radius 2 is 2.45 bits per heavy atom. The lowest BCUT2D eigenvalue weighted by Crippen LogP contribution is -2.23. The number of hydrogen-bond donors (Lipinski definition) is 1. The molecule has 62 valence electrons. The quantitative estimate of drug-likeness (QED) is 0.492. The minimum atomic E-state index is -1.86. The van der Waals surface area contributed by atoms with E-state index >= 15 is 0 Å². The van der Waals surface area contributed by atoms with Crippen molar-refractivity contribution in [3.05, 3.63) is 0 Å². The number of hydrogen-bond acceptors (Lipinski definition) is 3. The number of aliphatic hydroxyl groups is 1. The van der Waals surface area contributed by atoms with Crippen LogP contribution in [-0.2, 0) is 4.74 Å². The second kappa shape index (κ2) is 3.94. The van der Waals surface area contributed by atoms with Crippen LogP contribution in [0.2, 0.25) is 0 Å². The van der Waals surface area contributed by atoms with E-state index in [0.717, 1.165) is 0 Å². The number of carbonyl (C=O) groups excluding carboxylic acids is 1. The summed E-state index contributed by atoms with van der Waals surface area (Å²) in [6, 6.07) is 0. The Labute approximate surface area is 64.2 Å². The lowest BCUT2D eigenvalue weighted by molar-refractivity contribution is 0.0664. The number of halogens is 1. The van der Waals surface area contributed by atoms with E-state index in [1.807, 2.05) is 0 Å². The summed E-state index contributed by atoms with van der Waals surface area (Å²) >= 11 is 0.